The van der Waals surface area contributed by atoms with Gasteiger partial charge in [0, 0.05) is 13.1 Å². The molecule has 2 rings (SSSR count). The number of aliphatic imine (C=N–C) groups is 1. The maximum absolute atomic E-state index is 9.01. The molecule has 1 heterocycles. The molecule has 6 heteroatoms. The molecule has 1 saturated carbocycles. The first kappa shape index (κ1) is 10.7. The van der Waals surface area contributed by atoms with Gasteiger partial charge in [-0.2, -0.15) is 0 Å². The van der Waals surface area contributed by atoms with E-state index in [1.54, 1.807) is 0 Å². The van der Waals surface area contributed by atoms with Gasteiger partial charge in [0.05, 0.1) is 25.4 Å². The Kier molecular flexibility index (Phi) is 3.40. The van der Waals surface area contributed by atoms with Crippen molar-refractivity contribution in [2.75, 3.05) is 26.3 Å². The lowest BCUT2D eigenvalue weighted by Crippen LogP contribution is -2.53. The number of aliphatic hydroxyl groups is 1. The van der Waals surface area contributed by atoms with Gasteiger partial charge in [-0.15, -0.1) is 0 Å². The smallest absolute Gasteiger partial charge is 0.208 e. The second-order valence-electron chi connectivity index (χ2n) is 3.95. The molecule has 4 N–H and O–H groups in total. The van der Waals surface area contributed by atoms with Crippen LogP contribution < -0.4 is 11.3 Å². The molecule has 2 fully saturated rings. The zero-order valence-corrected chi connectivity index (χ0v) is 8.72. The molecule has 86 valence electrons. The minimum absolute atomic E-state index is 0.0395. The van der Waals surface area contributed by atoms with Crippen LogP contribution in [0.2, 0.25) is 0 Å². The van der Waals surface area contributed by atoms with Crippen LogP contribution in [0.25, 0.3) is 0 Å². The maximum Gasteiger partial charge on any atom is 0.208 e. The highest BCUT2D eigenvalue weighted by molar-refractivity contribution is 5.79. The fourth-order valence-corrected chi connectivity index (χ4v) is 1.61. The molecule has 2 aliphatic rings. The van der Waals surface area contributed by atoms with Crippen LogP contribution in [0.15, 0.2) is 4.99 Å². The third kappa shape index (κ3) is 2.80. The van der Waals surface area contributed by atoms with Crippen LogP contribution >= 0.6 is 0 Å². The number of aliphatic hydroxyl groups excluding tert-OH is 1. The number of hydrogen-bond donors (Lipinski definition) is 3. The van der Waals surface area contributed by atoms with Crippen LogP contribution in [0, 0.1) is 0 Å². The monoisotopic (exact) mass is 214 g/mol. The Hall–Kier alpha value is -0.850. The largest absolute Gasteiger partial charge is 0.394 e. The lowest BCUT2D eigenvalue weighted by molar-refractivity contribution is -0.0349. The van der Waals surface area contributed by atoms with Crippen molar-refractivity contribution >= 4 is 5.96 Å². The van der Waals surface area contributed by atoms with Gasteiger partial charge in [0.2, 0.25) is 5.96 Å². The Bertz CT molecular complexity index is 242. The predicted molar refractivity (Wildman–Crippen MR) is 56.2 cm³/mol. The van der Waals surface area contributed by atoms with Gasteiger partial charge in [-0.25, -0.2) is 10.8 Å². The van der Waals surface area contributed by atoms with Crippen molar-refractivity contribution in [3.8, 4) is 0 Å². The van der Waals surface area contributed by atoms with E-state index in [0.29, 0.717) is 19.2 Å². The Labute approximate surface area is 89.1 Å². The number of ether oxygens (including phenoxy) is 1. The number of nitrogens with two attached hydrogens (primary N) is 1. The van der Waals surface area contributed by atoms with Gasteiger partial charge in [-0.05, 0) is 12.8 Å². The van der Waals surface area contributed by atoms with Crippen molar-refractivity contribution in [3.05, 3.63) is 0 Å². The molecule has 15 heavy (non-hydrogen) atoms. The molecule has 0 amide bonds. The number of rotatable bonds is 2. The molecule has 1 aliphatic carbocycles. The number of morpholine rings is 1. The number of nitrogens with one attached hydrogen (secondary N) is 1. The molecule has 0 aromatic heterocycles. The summed E-state index contributed by atoms with van der Waals surface area (Å²) in [4.78, 5) is 6.50. The second kappa shape index (κ2) is 4.78. The minimum Gasteiger partial charge on any atom is -0.394 e. The Morgan fingerprint density at radius 1 is 1.60 bits per heavy atom. The summed E-state index contributed by atoms with van der Waals surface area (Å²) in [6.45, 7) is 2.06. The van der Waals surface area contributed by atoms with Crippen molar-refractivity contribution in [1.29, 1.82) is 0 Å². The molecule has 0 spiro atoms. The normalized spacial score (nSPS) is 28.0. The molecule has 0 aromatic carbocycles. The van der Waals surface area contributed by atoms with Gasteiger partial charge >= 0.3 is 0 Å². The van der Waals surface area contributed by atoms with Gasteiger partial charge < -0.3 is 14.7 Å². The van der Waals surface area contributed by atoms with Crippen LogP contribution in [0.4, 0.5) is 0 Å². The summed E-state index contributed by atoms with van der Waals surface area (Å²) < 4.78 is 5.36. The van der Waals surface area contributed by atoms with E-state index < -0.39 is 0 Å². The minimum atomic E-state index is -0.128. The van der Waals surface area contributed by atoms with Crippen LogP contribution in [0.5, 0.6) is 0 Å². The highest BCUT2D eigenvalue weighted by Gasteiger charge is 2.26. The maximum atomic E-state index is 9.01. The van der Waals surface area contributed by atoms with Gasteiger partial charge in [-0.1, -0.05) is 0 Å². The Morgan fingerprint density at radius 2 is 2.40 bits per heavy atom. The van der Waals surface area contributed by atoms with Crippen molar-refractivity contribution in [1.82, 2.24) is 10.3 Å². The van der Waals surface area contributed by atoms with E-state index in [-0.39, 0.29) is 12.7 Å². The summed E-state index contributed by atoms with van der Waals surface area (Å²) >= 11 is 0. The van der Waals surface area contributed by atoms with Crippen molar-refractivity contribution in [2.45, 2.75) is 25.0 Å². The molecule has 0 aromatic rings. The number of hydrogen-bond acceptors (Lipinski definition) is 4. The lowest BCUT2D eigenvalue weighted by atomic mass is 10.3. The zero-order chi connectivity index (χ0) is 10.7. The number of hydrazine groups is 1. The first-order valence-electron chi connectivity index (χ1n) is 5.35. The van der Waals surface area contributed by atoms with E-state index in [0.717, 1.165) is 25.3 Å². The third-order valence-corrected chi connectivity index (χ3v) is 2.62. The molecule has 0 bridgehead atoms. The van der Waals surface area contributed by atoms with Crippen molar-refractivity contribution in [3.63, 3.8) is 0 Å². The molecular weight excluding hydrogens is 196 g/mol. The summed E-state index contributed by atoms with van der Waals surface area (Å²) in [5.41, 5.74) is 2.63. The first-order chi connectivity index (χ1) is 7.33. The van der Waals surface area contributed by atoms with E-state index >= 15 is 0 Å². The summed E-state index contributed by atoms with van der Waals surface area (Å²) in [5.74, 6) is 6.16. The highest BCUT2D eigenvalue weighted by atomic mass is 16.5. The quantitative estimate of drug-likeness (QED) is 0.229. The molecule has 1 atom stereocenters. The highest BCUT2D eigenvalue weighted by Crippen LogP contribution is 2.23. The predicted octanol–water partition coefficient (Wildman–Crippen LogP) is -1.34. The van der Waals surface area contributed by atoms with Crippen LogP contribution in [-0.4, -0.2) is 54.4 Å². The average molecular weight is 214 g/mol. The van der Waals surface area contributed by atoms with Crippen LogP contribution in [0.1, 0.15) is 12.8 Å². The van der Waals surface area contributed by atoms with Gasteiger partial charge in [0.1, 0.15) is 0 Å². The van der Waals surface area contributed by atoms with E-state index in [1.165, 1.54) is 0 Å². The van der Waals surface area contributed by atoms with Crippen molar-refractivity contribution < 1.29 is 9.84 Å². The molecule has 1 unspecified atom stereocenters. The standard InChI is InChI=1S/C9H18N4O2/c10-12-9(11-7-1-2-7)13-3-4-15-8(5-13)6-14/h7-8,14H,1-6,10H2,(H,11,12). The average Bonchev–Trinajstić information content (AvgIpc) is 3.10. The third-order valence-electron chi connectivity index (χ3n) is 2.62. The fraction of sp³-hybridized carbons (Fsp3) is 0.889. The van der Waals surface area contributed by atoms with Crippen LogP contribution in [-0.2, 0) is 4.74 Å². The Balaban J connectivity index is 1.94. The first-order valence-corrected chi connectivity index (χ1v) is 5.35. The van der Waals surface area contributed by atoms with Crippen LogP contribution in [0.3, 0.4) is 0 Å². The van der Waals surface area contributed by atoms with Crippen molar-refractivity contribution in [2.24, 2.45) is 10.8 Å². The summed E-state index contributed by atoms with van der Waals surface area (Å²) in [6.07, 6.45) is 2.18. The lowest BCUT2D eigenvalue weighted by Gasteiger charge is -2.33. The molecule has 0 radical (unpaired) electrons. The summed E-state index contributed by atoms with van der Waals surface area (Å²) in [5, 5.41) is 9.01. The SMILES string of the molecule is NNC(=NC1CC1)N1CCOC(CO)C1. The topological polar surface area (TPSA) is 83.1 Å². The van der Waals surface area contributed by atoms with E-state index in [4.69, 9.17) is 15.7 Å². The second-order valence-corrected chi connectivity index (χ2v) is 3.95. The van der Waals surface area contributed by atoms with Gasteiger partial charge in [0.25, 0.3) is 0 Å². The molecule has 6 nitrogen and oxygen atoms in total. The van der Waals surface area contributed by atoms with E-state index in [2.05, 4.69) is 10.4 Å². The molecular formula is C9H18N4O2. The van der Waals surface area contributed by atoms with E-state index in [1.807, 2.05) is 4.90 Å². The summed E-state index contributed by atoms with van der Waals surface area (Å²) in [7, 11) is 0. The Morgan fingerprint density at radius 3 is 3.00 bits per heavy atom. The number of nitrogens with zero attached hydrogens (tertiary/aromatic N) is 2. The fourth-order valence-electron chi connectivity index (χ4n) is 1.61. The van der Waals surface area contributed by atoms with Gasteiger partial charge in [-0.3, -0.25) is 5.43 Å². The summed E-state index contributed by atoms with van der Waals surface area (Å²) in [6, 6.07) is 0.437. The number of guanidine groups is 1. The van der Waals surface area contributed by atoms with Gasteiger partial charge in [0.15, 0.2) is 0 Å². The molecule has 1 aliphatic heterocycles. The zero-order valence-electron chi connectivity index (χ0n) is 8.72. The molecule has 1 saturated heterocycles. The van der Waals surface area contributed by atoms with E-state index in [9.17, 15) is 0 Å².